The zero-order chi connectivity index (χ0) is 68.2. The summed E-state index contributed by atoms with van der Waals surface area (Å²) in [5.41, 5.74) is 0. The number of carbonyl (C=O) groups is 6. The molecule has 0 spiro atoms. The van der Waals surface area contributed by atoms with Crippen LogP contribution in [0.3, 0.4) is 0 Å². The van der Waals surface area contributed by atoms with Gasteiger partial charge in [0.2, 0.25) is 35.4 Å². The Labute approximate surface area is 531 Å². The van der Waals surface area contributed by atoms with Crippen molar-refractivity contribution in [1.82, 2.24) is 26.2 Å². The van der Waals surface area contributed by atoms with Gasteiger partial charge in [-0.3, -0.25) is 42.7 Å². The van der Waals surface area contributed by atoms with Gasteiger partial charge >= 0.3 is 15.6 Å². The summed E-state index contributed by atoms with van der Waals surface area (Å²) in [5, 5.41) is 80.5. The van der Waals surface area contributed by atoms with E-state index in [0.717, 1.165) is 4.90 Å². The van der Waals surface area contributed by atoms with Crippen LogP contribution in [-0.4, -0.2) is 350 Å². The Hall–Kier alpha value is -3.50. The predicted molar refractivity (Wildman–Crippen MR) is 310 cm³/mol. The molecule has 2 saturated heterocycles. The number of imide groups is 1. The van der Waals surface area contributed by atoms with Gasteiger partial charge in [-0.15, -0.1) is 0 Å². The minimum atomic E-state index is -4.91. The van der Waals surface area contributed by atoms with Crippen LogP contribution < -0.4 is 21.3 Å². The lowest BCUT2D eigenvalue weighted by atomic mass is 9.86. The Kier molecular flexibility index (Phi) is 45.9. The fraction of sp³-hybridized carbons (Fsp3) is 0.880. The molecule has 2 fully saturated rings. The van der Waals surface area contributed by atoms with E-state index >= 15 is 0 Å². The molecule has 0 aromatic carbocycles. The molecule has 0 bridgehead atoms. The van der Waals surface area contributed by atoms with Crippen LogP contribution in [-0.2, 0) is 109 Å². The lowest BCUT2D eigenvalue weighted by Gasteiger charge is -2.40. The van der Waals surface area contributed by atoms with E-state index in [1.807, 2.05) is 0 Å². The molecule has 6 amide bonds. The number of amides is 6. The van der Waals surface area contributed by atoms with Gasteiger partial charge in [-0.2, -0.15) is 0 Å². The molecule has 0 aliphatic carbocycles. The first-order valence-electron chi connectivity index (χ1n) is 29.6. The highest BCUT2D eigenvalue weighted by Crippen LogP contribution is 2.37. The van der Waals surface area contributed by atoms with E-state index < -0.39 is 121 Å². The highest BCUT2D eigenvalue weighted by atomic mass is 31.2. The first kappa shape index (κ1) is 84.6. The van der Waals surface area contributed by atoms with Gasteiger partial charge in [0.05, 0.1) is 165 Å². The van der Waals surface area contributed by atoms with E-state index in [9.17, 15) is 73.6 Å². The SMILES string of the molecule is BC1CC(=O)N(CCC(=O)NCCOCCOCCOCCOCCNC(=O)CC(C(=O)NCCOCCOCCOCCOC(O)C(O)C(O)C(O)CCOP(=O)(O)O)C(=O)NCCOCCOCCOCCOC2OC(COP(=O)(O)O)C(O)C(O)C2O)C1=O. The number of nitrogens with zero attached hydrogens (tertiary/aromatic N) is 1. The molecule has 2 aliphatic rings. The highest BCUT2D eigenvalue weighted by molar-refractivity contribution is 7.46. The van der Waals surface area contributed by atoms with Crippen molar-refractivity contribution in [3.8, 4) is 0 Å². The second kappa shape index (κ2) is 49.9. The van der Waals surface area contributed by atoms with Crippen molar-refractivity contribution in [2.24, 2.45) is 5.92 Å². The zero-order valence-corrected chi connectivity index (χ0v) is 53.1. The first-order chi connectivity index (χ1) is 43.8. The van der Waals surface area contributed by atoms with E-state index in [0.29, 0.717) is 0 Å². The molecule has 0 aromatic rings. The van der Waals surface area contributed by atoms with Gasteiger partial charge in [-0.1, -0.05) is 0 Å². The molecule has 39 nitrogen and oxygen atoms in total. The van der Waals surface area contributed by atoms with E-state index in [1.165, 1.54) is 0 Å². The molecular formula is C50H94BN5O34P2. The highest BCUT2D eigenvalue weighted by Gasteiger charge is 2.45. The molecular weight excluding hydrogens is 1290 g/mol. The number of aliphatic hydroxyl groups is 7. The molecule has 92 heavy (non-hydrogen) atoms. The van der Waals surface area contributed by atoms with Crippen LogP contribution in [0.2, 0.25) is 5.82 Å². The topological polar surface area (TPSA) is 549 Å². The van der Waals surface area contributed by atoms with Crippen LogP contribution in [0.25, 0.3) is 0 Å². The maximum atomic E-state index is 13.3. The summed E-state index contributed by atoms with van der Waals surface area (Å²) in [6, 6.07) is 0. The predicted octanol–water partition coefficient (Wildman–Crippen LogP) is -8.96. The summed E-state index contributed by atoms with van der Waals surface area (Å²) < 4.78 is 100. The Morgan fingerprint density at radius 1 is 0.533 bits per heavy atom. The molecule has 2 heterocycles. The molecule has 11 unspecified atom stereocenters. The van der Waals surface area contributed by atoms with Crippen molar-refractivity contribution in [3.05, 3.63) is 0 Å². The summed E-state index contributed by atoms with van der Waals surface area (Å²) in [4.78, 5) is 112. The molecule has 0 radical (unpaired) electrons. The van der Waals surface area contributed by atoms with Crippen LogP contribution >= 0.6 is 15.6 Å². The third-order valence-electron chi connectivity index (χ3n) is 12.7. The van der Waals surface area contributed by atoms with Crippen LogP contribution in [0.15, 0.2) is 0 Å². The van der Waals surface area contributed by atoms with Gasteiger partial charge in [-0.25, -0.2) is 9.13 Å². The zero-order valence-electron chi connectivity index (χ0n) is 51.3. The van der Waals surface area contributed by atoms with Crippen molar-refractivity contribution >= 4 is 58.9 Å². The number of aliphatic hydroxyl groups excluding tert-OH is 7. The van der Waals surface area contributed by atoms with Gasteiger partial charge in [0.25, 0.3) is 0 Å². The van der Waals surface area contributed by atoms with E-state index in [-0.39, 0.29) is 214 Å². The average molecular weight is 1380 g/mol. The van der Waals surface area contributed by atoms with Crippen molar-refractivity contribution in [3.63, 3.8) is 0 Å². The fourth-order valence-corrected chi connectivity index (χ4v) is 8.51. The monoisotopic (exact) mass is 1380 g/mol. The van der Waals surface area contributed by atoms with E-state index in [2.05, 4.69) is 30.3 Å². The molecule has 11 atom stereocenters. The average Bonchev–Trinajstić information content (AvgIpc) is 1.04. The van der Waals surface area contributed by atoms with Gasteiger partial charge < -0.3 is 138 Å². The summed E-state index contributed by atoms with van der Waals surface area (Å²) in [5.74, 6) is -4.79. The largest absolute Gasteiger partial charge is 0.469 e. The standard InChI is InChI=1S/C50H94BN5O34P2/c51-35-32-40(60)56(48(35)68)7-1-38(58)52-3-9-76-13-17-80-21-22-81-18-14-77-10-4-53-39(59)31-34(46(66)54-5-11-78-15-19-82-23-25-84-27-29-86-49(69)44(64)41(61)36(57)2-8-88-91(70,71)72)47(67)55-6-12-79-16-20-83-24-26-85-28-30-87-50-45(65)43(63)42(62)37(90-50)33-89-92(73,74)75/h34-37,41-45,49-50,57,61-65,69H,1-33,51H2,(H,52,58)(H,53,59)(H,54,66)(H,55,67)(H2,70,71,72)(H2,73,74,75). The minimum Gasteiger partial charge on any atom is -0.390 e. The summed E-state index contributed by atoms with van der Waals surface area (Å²) in [7, 11) is -8.04. The summed E-state index contributed by atoms with van der Waals surface area (Å²) in [6.07, 6.45) is -16.4. The number of hydrogen-bond acceptors (Lipinski definition) is 30. The van der Waals surface area contributed by atoms with E-state index in [1.54, 1.807) is 7.85 Å². The quantitative estimate of drug-likeness (QED) is 0.00671. The lowest BCUT2D eigenvalue weighted by molar-refractivity contribution is -0.301. The third-order valence-corrected chi connectivity index (χ3v) is 13.7. The second-order valence-corrected chi connectivity index (χ2v) is 22.5. The Bertz CT molecular complexity index is 2150. The van der Waals surface area contributed by atoms with Crippen LogP contribution in [0.1, 0.15) is 25.7 Å². The van der Waals surface area contributed by atoms with Crippen molar-refractivity contribution in [2.45, 2.75) is 86.8 Å². The maximum absolute atomic E-state index is 13.3. The number of nitrogens with one attached hydrogen (secondary N) is 4. The molecule has 536 valence electrons. The lowest BCUT2D eigenvalue weighted by Crippen LogP contribution is -2.59. The Morgan fingerprint density at radius 2 is 0.946 bits per heavy atom. The van der Waals surface area contributed by atoms with Crippen LogP contribution in [0.4, 0.5) is 0 Å². The number of carbonyl (C=O) groups excluding carboxylic acids is 6. The molecule has 0 saturated carbocycles. The third kappa shape index (κ3) is 40.2. The molecule has 0 aromatic heterocycles. The van der Waals surface area contributed by atoms with Gasteiger partial charge in [0, 0.05) is 57.8 Å². The molecule has 2 aliphatic heterocycles. The maximum Gasteiger partial charge on any atom is 0.469 e. The fourth-order valence-electron chi connectivity index (χ4n) is 7.83. The van der Waals surface area contributed by atoms with E-state index in [4.69, 9.17) is 81.2 Å². The van der Waals surface area contributed by atoms with Gasteiger partial charge in [0.1, 0.15) is 50.4 Å². The number of ether oxygens (including phenoxy) is 13. The number of hydrogen-bond donors (Lipinski definition) is 15. The van der Waals surface area contributed by atoms with Crippen LogP contribution in [0.5, 0.6) is 0 Å². The first-order valence-corrected chi connectivity index (χ1v) is 32.6. The second-order valence-electron chi connectivity index (χ2n) is 20.0. The number of phosphoric acid groups is 2. The molecule has 15 N–H and O–H groups in total. The number of likely N-dealkylation sites (tertiary alicyclic amines) is 1. The Balaban J connectivity index is 1.63. The normalized spacial score (nSPS) is 20.4. The molecule has 42 heteroatoms. The molecule has 2 rings (SSSR count). The smallest absolute Gasteiger partial charge is 0.390 e. The summed E-state index contributed by atoms with van der Waals surface area (Å²) >= 11 is 0. The van der Waals surface area contributed by atoms with Crippen molar-refractivity contribution < 1.29 is 164 Å². The number of rotatable bonds is 58. The van der Waals surface area contributed by atoms with Crippen molar-refractivity contribution in [1.29, 1.82) is 0 Å². The Morgan fingerprint density at radius 3 is 1.38 bits per heavy atom. The van der Waals surface area contributed by atoms with Crippen molar-refractivity contribution in [2.75, 3.05) is 191 Å². The van der Waals surface area contributed by atoms with Gasteiger partial charge in [-0.05, 0) is 6.42 Å². The minimum absolute atomic E-state index is 0.00965. The van der Waals surface area contributed by atoms with Gasteiger partial charge in [0.15, 0.2) is 12.6 Å². The number of phosphoric ester groups is 2. The summed E-state index contributed by atoms with van der Waals surface area (Å²) in [6.45, 7) is 1.18. The van der Waals surface area contributed by atoms with Crippen LogP contribution in [0, 0.1) is 5.92 Å².